The van der Waals surface area contributed by atoms with Gasteiger partial charge in [-0.15, -0.1) is 0 Å². The lowest BCUT2D eigenvalue weighted by Gasteiger charge is -2.15. The van der Waals surface area contributed by atoms with E-state index in [1.54, 1.807) is 7.05 Å². The van der Waals surface area contributed by atoms with Crippen LogP contribution in [0.4, 0.5) is 0 Å². The van der Waals surface area contributed by atoms with E-state index in [2.05, 4.69) is 16.0 Å². The topological polar surface area (TPSA) is 70.2 Å². The van der Waals surface area contributed by atoms with Crippen LogP contribution in [-0.2, 0) is 9.59 Å². The van der Waals surface area contributed by atoms with Crippen LogP contribution in [-0.4, -0.2) is 38.5 Å². The number of carbonyl (C=O) groups is 2. The number of nitrogens with one attached hydrogen (secondary N) is 3. The van der Waals surface area contributed by atoms with E-state index in [9.17, 15) is 9.59 Å². The van der Waals surface area contributed by atoms with Crippen molar-refractivity contribution < 1.29 is 9.59 Å². The van der Waals surface area contributed by atoms with Gasteiger partial charge in [-0.3, -0.25) is 9.59 Å². The smallest absolute Gasteiger partial charge is 0.242 e. The fourth-order valence-corrected chi connectivity index (χ4v) is 1.34. The molecule has 0 unspecified atom stereocenters. The van der Waals surface area contributed by atoms with Gasteiger partial charge in [0.15, 0.2) is 0 Å². The molecule has 0 saturated carbocycles. The highest BCUT2D eigenvalue weighted by Crippen LogP contribution is 2.00. The lowest BCUT2D eigenvalue weighted by Crippen LogP contribution is -2.44. The summed E-state index contributed by atoms with van der Waals surface area (Å²) in [7, 11) is 3.47. The summed E-state index contributed by atoms with van der Waals surface area (Å²) in [6.45, 7) is 2.35. The van der Waals surface area contributed by atoms with Gasteiger partial charge in [0, 0.05) is 14.0 Å². The number of likely N-dealkylation sites (N-methyl/N-ethyl adjacent to an activating group) is 1. The molecule has 0 aromatic carbocycles. The Hall–Kier alpha value is -1.10. The number of hydrogen-bond acceptors (Lipinski definition) is 3. The Morgan fingerprint density at radius 2 is 1.87 bits per heavy atom. The SMILES string of the molecule is CNCCCC[C@H](NC(C)=O)C(=O)NC. The van der Waals surface area contributed by atoms with Crippen molar-refractivity contribution >= 4 is 11.8 Å². The molecule has 0 spiro atoms. The first kappa shape index (κ1) is 13.9. The minimum Gasteiger partial charge on any atom is -0.357 e. The van der Waals surface area contributed by atoms with E-state index in [4.69, 9.17) is 0 Å². The second-order valence-corrected chi connectivity index (χ2v) is 3.47. The van der Waals surface area contributed by atoms with Crippen molar-refractivity contribution in [1.82, 2.24) is 16.0 Å². The molecule has 88 valence electrons. The molecule has 0 aliphatic carbocycles. The summed E-state index contributed by atoms with van der Waals surface area (Å²) in [5.41, 5.74) is 0. The second-order valence-electron chi connectivity index (χ2n) is 3.47. The summed E-state index contributed by atoms with van der Waals surface area (Å²) >= 11 is 0. The molecule has 0 aromatic rings. The van der Waals surface area contributed by atoms with E-state index in [-0.39, 0.29) is 11.8 Å². The van der Waals surface area contributed by atoms with Crippen molar-refractivity contribution in [3.05, 3.63) is 0 Å². The van der Waals surface area contributed by atoms with Crippen LogP contribution in [0.2, 0.25) is 0 Å². The summed E-state index contributed by atoms with van der Waals surface area (Å²) in [5.74, 6) is -0.299. The van der Waals surface area contributed by atoms with Crippen molar-refractivity contribution in [3.8, 4) is 0 Å². The first-order valence-corrected chi connectivity index (χ1v) is 5.25. The van der Waals surface area contributed by atoms with Gasteiger partial charge < -0.3 is 16.0 Å². The molecule has 0 heterocycles. The molecule has 0 saturated heterocycles. The Bertz CT molecular complexity index is 207. The van der Waals surface area contributed by atoms with Gasteiger partial charge in [-0.1, -0.05) is 0 Å². The van der Waals surface area contributed by atoms with Crippen LogP contribution < -0.4 is 16.0 Å². The fraction of sp³-hybridized carbons (Fsp3) is 0.800. The molecule has 0 fully saturated rings. The van der Waals surface area contributed by atoms with Gasteiger partial charge in [0.25, 0.3) is 0 Å². The summed E-state index contributed by atoms with van der Waals surface area (Å²) < 4.78 is 0. The number of unbranched alkanes of at least 4 members (excludes halogenated alkanes) is 1. The summed E-state index contributed by atoms with van der Waals surface area (Å²) in [6, 6.07) is -0.399. The summed E-state index contributed by atoms with van der Waals surface area (Å²) in [5, 5.41) is 8.22. The quantitative estimate of drug-likeness (QED) is 0.507. The van der Waals surface area contributed by atoms with Crippen molar-refractivity contribution in [3.63, 3.8) is 0 Å². The van der Waals surface area contributed by atoms with Gasteiger partial charge in [-0.05, 0) is 32.9 Å². The maximum atomic E-state index is 11.4. The van der Waals surface area contributed by atoms with E-state index in [1.807, 2.05) is 7.05 Å². The lowest BCUT2D eigenvalue weighted by molar-refractivity contribution is -0.127. The predicted molar refractivity (Wildman–Crippen MR) is 59.4 cm³/mol. The maximum absolute atomic E-state index is 11.4. The average Bonchev–Trinajstić information content (AvgIpc) is 2.21. The Kier molecular flexibility index (Phi) is 7.62. The van der Waals surface area contributed by atoms with Crippen LogP contribution >= 0.6 is 0 Å². The predicted octanol–water partition coefficient (Wildman–Crippen LogP) is -0.373. The first-order chi connectivity index (χ1) is 7.11. The molecule has 0 radical (unpaired) electrons. The van der Waals surface area contributed by atoms with Gasteiger partial charge in [0.2, 0.25) is 11.8 Å². The van der Waals surface area contributed by atoms with E-state index >= 15 is 0 Å². The Morgan fingerprint density at radius 3 is 2.33 bits per heavy atom. The zero-order valence-corrected chi connectivity index (χ0v) is 9.72. The summed E-state index contributed by atoms with van der Waals surface area (Å²) in [6.07, 6.45) is 2.60. The standard InChI is InChI=1S/C10H21N3O2/c1-8(14)13-9(10(15)12-3)6-4-5-7-11-2/h9,11H,4-7H2,1-3H3,(H,12,15)(H,13,14)/t9-/m0/s1. The van der Waals surface area contributed by atoms with Crippen LogP contribution in [0, 0.1) is 0 Å². The van der Waals surface area contributed by atoms with Gasteiger partial charge in [-0.25, -0.2) is 0 Å². The normalized spacial score (nSPS) is 11.9. The molecule has 0 aliphatic heterocycles. The van der Waals surface area contributed by atoms with Gasteiger partial charge in [0.1, 0.15) is 6.04 Å². The van der Waals surface area contributed by atoms with E-state index in [0.717, 1.165) is 19.4 Å². The Balaban J connectivity index is 3.90. The average molecular weight is 215 g/mol. The Labute approximate surface area is 91.0 Å². The molecule has 2 amide bonds. The van der Waals surface area contributed by atoms with E-state index < -0.39 is 6.04 Å². The van der Waals surface area contributed by atoms with Crippen molar-refractivity contribution in [2.24, 2.45) is 0 Å². The largest absolute Gasteiger partial charge is 0.357 e. The van der Waals surface area contributed by atoms with Crippen molar-refractivity contribution in [2.45, 2.75) is 32.2 Å². The Morgan fingerprint density at radius 1 is 1.20 bits per heavy atom. The number of hydrogen-bond donors (Lipinski definition) is 3. The van der Waals surface area contributed by atoms with Crippen LogP contribution in [0.5, 0.6) is 0 Å². The highest BCUT2D eigenvalue weighted by Gasteiger charge is 2.16. The molecule has 0 aromatic heterocycles. The molecule has 0 rings (SSSR count). The van der Waals surface area contributed by atoms with Gasteiger partial charge in [-0.2, -0.15) is 0 Å². The molecule has 5 nitrogen and oxygen atoms in total. The fourth-order valence-electron chi connectivity index (χ4n) is 1.34. The highest BCUT2D eigenvalue weighted by atomic mass is 16.2. The minimum absolute atomic E-state index is 0.130. The van der Waals surface area contributed by atoms with Crippen LogP contribution in [0.3, 0.4) is 0 Å². The molecule has 5 heteroatoms. The minimum atomic E-state index is -0.399. The molecular formula is C10H21N3O2. The zero-order chi connectivity index (χ0) is 11.7. The van der Waals surface area contributed by atoms with Crippen molar-refractivity contribution in [2.75, 3.05) is 20.6 Å². The van der Waals surface area contributed by atoms with E-state index in [0.29, 0.717) is 6.42 Å². The number of amides is 2. The molecule has 1 atom stereocenters. The number of carbonyl (C=O) groups excluding carboxylic acids is 2. The monoisotopic (exact) mass is 215 g/mol. The van der Waals surface area contributed by atoms with Crippen molar-refractivity contribution in [1.29, 1.82) is 0 Å². The molecule has 3 N–H and O–H groups in total. The third kappa shape index (κ3) is 6.90. The lowest BCUT2D eigenvalue weighted by atomic mass is 10.1. The third-order valence-electron chi connectivity index (χ3n) is 2.11. The third-order valence-corrected chi connectivity index (χ3v) is 2.11. The molecule has 0 aliphatic rings. The van der Waals surface area contributed by atoms with Crippen LogP contribution in [0.15, 0.2) is 0 Å². The van der Waals surface area contributed by atoms with E-state index in [1.165, 1.54) is 6.92 Å². The maximum Gasteiger partial charge on any atom is 0.242 e. The van der Waals surface area contributed by atoms with Gasteiger partial charge >= 0.3 is 0 Å². The number of rotatable bonds is 7. The molecular weight excluding hydrogens is 194 g/mol. The van der Waals surface area contributed by atoms with Crippen LogP contribution in [0.25, 0.3) is 0 Å². The molecule has 15 heavy (non-hydrogen) atoms. The highest BCUT2D eigenvalue weighted by molar-refractivity contribution is 5.86. The second kappa shape index (κ2) is 8.23. The van der Waals surface area contributed by atoms with Crippen LogP contribution in [0.1, 0.15) is 26.2 Å². The van der Waals surface area contributed by atoms with Gasteiger partial charge in [0.05, 0.1) is 0 Å². The summed E-state index contributed by atoms with van der Waals surface area (Å²) in [4.78, 5) is 22.2. The zero-order valence-electron chi connectivity index (χ0n) is 9.72. The first-order valence-electron chi connectivity index (χ1n) is 5.25. The molecule has 0 bridgehead atoms.